The van der Waals surface area contributed by atoms with Crippen LogP contribution in [-0.4, -0.2) is 40.8 Å². The fourth-order valence-corrected chi connectivity index (χ4v) is 3.28. The van der Waals surface area contributed by atoms with E-state index < -0.39 is 22.5 Å². The predicted molar refractivity (Wildman–Crippen MR) is 122 cm³/mol. The molecule has 1 aromatic carbocycles. The fourth-order valence-electron chi connectivity index (χ4n) is 2.38. The van der Waals surface area contributed by atoms with Gasteiger partial charge in [-0.25, -0.2) is 0 Å². The zero-order valence-electron chi connectivity index (χ0n) is 17.0. The highest BCUT2D eigenvalue weighted by molar-refractivity contribution is 14.0. The molecule has 0 aliphatic heterocycles. The average Bonchev–Trinajstić information content (AvgIpc) is 2.58. The van der Waals surface area contributed by atoms with E-state index in [1.807, 2.05) is 27.7 Å². The van der Waals surface area contributed by atoms with Gasteiger partial charge in [-0.2, -0.15) is 13.2 Å². The Morgan fingerprint density at radius 1 is 1.18 bits per heavy atom. The van der Waals surface area contributed by atoms with E-state index in [0.29, 0.717) is 36.8 Å². The normalized spacial score (nSPS) is 14.8. The van der Waals surface area contributed by atoms with Crippen molar-refractivity contribution < 1.29 is 17.4 Å². The highest BCUT2D eigenvalue weighted by atomic mass is 127. The van der Waals surface area contributed by atoms with E-state index in [0.717, 1.165) is 6.07 Å². The third-order valence-corrected chi connectivity index (χ3v) is 6.08. The Labute approximate surface area is 185 Å². The van der Waals surface area contributed by atoms with E-state index in [9.17, 15) is 17.4 Å². The first-order valence-electron chi connectivity index (χ1n) is 8.95. The van der Waals surface area contributed by atoms with E-state index in [1.54, 1.807) is 13.1 Å². The molecular weight excluding hydrogens is 502 g/mol. The Bertz CT molecular complexity index is 661. The zero-order valence-corrected chi connectivity index (χ0v) is 20.2. The third-order valence-electron chi connectivity index (χ3n) is 4.14. The SMILES string of the molecule is CN=C(NCCC(C)c1cccc(C(F)(F)F)c1)NCCS(=O)C(C)(C)C.I. The van der Waals surface area contributed by atoms with E-state index in [2.05, 4.69) is 15.6 Å². The van der Waals surface area contributed by atoms with Crippen LogP contribution in [0.15, 0.2) is 29.3 Å². The Morgan fingerprint density at radius 3 is 2.32 bits per heavy atom. The molecule has 1 aromatic rings. The lowest BCUT2D eigenvalue weighted by Crippen LogP contribution is -2.40. The van der Waals surface area contributed by atoms with Crippen molar-refractivity contribution in [2.24, 2.45) is 4.99 Å². The van der Waals surface area contributed by atoms with Crippen molar-refractivity contribution in [2.75, 3.05) is 25.9 Å². The van der Waals surface area contributed by atoms with Crippen LogP contribution in [0.1, 0.15) is 51.2 Å². The molecule has 0 aromatic heterocycles. The van der Waals surface area contributed by atoms with Gasteiger partial charge in [0.05, 0.1) is 5.56 Å². The van der Waals surface area contributed by atoms with Crippen molar-refractivity contribution in [3.8, 4) is 0 Å². The summed E-state index contributed by atoms with van der Waals surface area (Å²) in [5.41, 5.74) is 0.0410. The summed E-state index contributed by atoms with van der Waals surface area (Å²) in [5.74, 6) is 1.09. The first kappa shape index (κ1) is 27.2. The second kappa shape index (κ2) is 12.0. The molecule has 0 saturated heterocycles. The maximum atomic E-state index is 12.8. The Kier molecular flexibility index (Phi) is 11.6. The molecule has 0 bridgehead atoms. The number of halogens is 4. The standard InChI is InChI=1S/C19H30F3N3OS.HI/c1-14(15-7-6-8-16(13-15)19(20,21)22)9-10-24-17(23-5)25-11-12-27(26)18(2,3)4;/h6-8,13-14H,9-12H2,1-5H3,(H2,23,24,25);1H. The molecule has 162 valence electrons. The van der Waals surface area contributed by atoms with Gasteiger partial charge in [0, 0.05) is 41.4 Å². The predicted octanol–water partition coefficient (Wildman–Crippen LogP) is 4.53. The summed E-state index contributed by atoms with van der Waals surface area (Å²) < 4.78 is 50.2. The molecule has 28 heavy (non-hydrogen) atoms. The second-order valence-electron chi connectivity index (χ2n) is 7.40. The average molecular weight is 533 g/mol. The lowest BCUT2D eigenvalue weighted by molar-refractivity contribution is -0.137. The van der Waals surface area contributed by atoms with Gasteiger partial charge in [-0.05, 0) is 44.7 Å². The van der Waals surface area contributed by atoms with Crippen LogP contribution in [0.25, 0.3) is 0 Å². The van der Waals surface area contributed by atoms with Crippen molar-refractivity contribution in [1.29, 1.82) is 0 Å². The number of aliphatic imine (C=N–C) groups is 1. The van der Waals surface area contributed by atoms with Gasteiger partial charge in [0.2, 0.25) is 0 Å². The molecule has 0 amide bonds. The molecule has 9 heteroatoms. The van der Waals surface area contributed by atoms with Crippen molar-refractivity contribution >= 4 is 40.7 Å². The van der Waals surface area contributed by atoms with Gasteiger partial charge in [0.25, 0.3) is 0 Å². The van der Waals surface area contributed by atoms with Gasteiger partial charge >= 0.3 is 6.18 Å². The molecule has 0 saturated carbocycles. The van der Waals surface area contributed by atoms with Gasteiger partial charge in [-0.3, -0.25) is 9.20 Å². The van der Waals surface area contributed by atoms with E-state index in [4.69, 9.17) is 0 Å². The monoisotopic (exact) mass is 533 g/mol. The van der Waals surface area contributed by atoms with Crippen LogP contribution in [-0.2, 0) is 17.0 Å². The summed E-state index contributed by atoms with van der Waals surface area (Å²) in [6, 6.07) is 5.45. The van der Waals surface area contributed by atoms with E-state index in [-0.39, 0.29) is 34.6 Å². The minimum atomic E-state index is -4.33. The lowest BCUT2D eigenvalue weighted by atomic mass is 9.96. The first-order valence-corrected chi connectivity index (χ1v) is 10.3. The Morgan fingerprint density at radius 2 is 1.79 bits per heavy atom. The number of nitrogens with one attached hydrogen (secondary N) is 2. The third kappa shape index (κ3) is 9.58. The number of nitrogens with zero attached hydrogens (tertiary/aromatic N) is 1. The van der Waals surface area contributed by atoms with Crippen LogP contribution in [0.3, 0.4) is 0 Å². The molecule has 0 heterocycles. The van der Waals surface area contributed by atoms with E-state index >= 15 is 0 Å². The van der Waals surface area contributed by atoms with Crippen LogP contribution in [0, 0.1) is 0 Å². The molecule has 0 spiro atoms. The Hall–Kier alpha value is -0.840. The maximum Gasteiger partial charge on any atom is 0.416 e. The summed E-state index contributed by atoms with van der Waals surface area (Å²) in [5, 5.41) is 6.26. The van der Waals surface area contributed by atoms with Crippen LogP contribution < -0.4 is 10.6 Å². The highest BCUT2D eigenvalue weighted by Gasteiger charge is 2.30. The summed E-state index contributed by atoms with van der Waals surface area (Å²) in [6.07, 6.45) is -3.66. The van der Waals surface area contributed by atoms with Crippen LogP contribution in [0.5, 0.6) is 0 Å². The fraction of sp³-hybridized carbons (Fsp3) is 0.632. The molecule has 0 aliphatic carbocycles. The summed E-state index contributed by atoms with van der Waals surface area (Å²) in [6.45, 7) is 8.81. The van der Waals surface area contributed by atoms with Crippen molar-refractivity contribution in [3.63, 3.8) is 0 Å². The molecule has 0 fully saturated rings. The lowest BCUT2D eigenvalue weighted by Gasteiger charge is -2.19. The van der Waals surface area contributed by atoms with Crippen LogP contribution in [0.4, 0.5) is 13.2 Å². The molecule has 0 radical (unpaired) electrons. The highest BCUT2D eigenvalue weighted by Crippen LogP contribution is 2.31. The number of hydrogen-bond donors (Lipinski definition) is 2. The largest absolute Gasteiger partial charge is 0.416 e. The summed E-state index contributed by atoms with van der Waals surface area (Å²) >= 11 is 0. The van der Waals surface area contributed by atoms with Crippen molar-refractivity contribution in [3.05, 3.63) is 35.4 Å². The number of alkyl halides is 3. The summed E-state index contributed by atoms with van der Waals surface area (Å²) in [4.78, 5) is 4.11. The van der Waals surface area contributed by atoms with Crippen LogP contribution in [0.2, 0.25) is 0 Å². The Balaban J connectivity index is 0.00000729. The second-order valence-corrected chi connectivity index (χ2v) is 9.72. The molecule has 1 rings (SSSR count). The molecule has 2 unspecified atom stereocenters. The van der Waals surface area contributed by atoms with E-state index in [1.165, 1.54) is 12.1 Å². The van der Waals surface area contributed by atoms with Gasteiger partial charge in [-0.15, -0.1) is 24.0 Å². The molecule has 4 nitrogen and oxygen atoms in total. The van der Waals surface area contributed by atoms with Gasteiger partial charge in [-0.1, -0.05) is 25.1 Å². The van der Waals surface area contributed by atoms with Gasteiger partial charge in [0.1, 0.15) is 0 Å². The molecule has 2 atom stereocenters. The zero-order chi connectivity index (χ0) is 20.7. The van der Waals surface area contributed by atoms with Gasteiger partial charge in [0.15, 0.2) is 5.96 Å². The van der Waals surface area contributed by atoms with Crippen LogP contribution >= 0.6 is 24.0 Å². The summed E-state index contributed by atoms with van der Waals surface area (Å²) in [7, 11) is 0.705. The quantitative estimate of drug-likeness (QED) is 0.308. The van der Waals surface area contributed by atoms with Crippen molar-refractivity contribution in [1.82, 2.24) is 10.6 Å². The topological polar surface area (TPSA) is 53.5 Å². The number of benzene rings is 1. The molecular formula is C19H31F3IN3OS. The minimum Gasteiger partial charge on any atom is -0.356 e. The number of rotatable bonds is 7. The smallest absolute Gasteiger partial charge is 0.356 e. The first-order chi connectivity index (χ1) is 12.4. The molecule has 2 N–H and O–H groups in total. The number of guanidine groups is 1. The maximum absolute atomic E-state index is 12.8. The van der Waals surface area contributed by atoms with Crippen molar-refractivity contribution in [2.45, 2.75) is 51.0 Å². The molecule has 0 aliphatic rings. The number of hydrogen-bond acceptors (Lipinski definition) is 2. The van der Waals surface area contributed by atoms with Gasteiger partial charge < -0.3 is 10.6 Å². The minimum absolute atomic E-state index is 0.